The Kier molecular flexibility index (Phi) is 4.95. The van der Waals surface area contributed by atoms with Crippen molar-refractivity contribution in [2.45, 2.75) is 25.4 Å². The highest BCUT2D eigenvalue weighted by Crippen LogP contribution is 2.35. The van der Waals surface area contributed by atoms with E-state index >= 15 is 0 Å². The molecule has 3 aromatic carbocycles. The molecule has 0 saturated carbocycles. The Morgan fingerprint density at radius 2 is 1.63 bits per heavy atom. The summed E-state index contributed by atoms with van der Waals surface area (Å²) < 4.78 is 0. The molecular weight excluding hydrogens is 370 g/mol. The predicted molar refractivity (Wildman–Crippen MR) is 118 cm³/mol. The van der Waals surface area contributed by atoms with Gasteiger partial charge in [0.15, 0.2) is 0 Å². The third kappa shape index (κ3) is 3.67. The number of hydrogen-bond acceptors (Lipinski definition) is 4. The van der Waals surface area contributed by atoms with Gasteiger partial charge in [0.2, 0.25) is 5.82 Å². The van der Waals surface area contributed by atoms with Crippen LogP contribution >= 0.6 is 0 Å². The van der Waals surface area contributed by atoms with Crippen LogP contribution in [0, 0.1) is 0 Å². The molecule has 0 spiro atoms. The summed E-state index contributed by atoms with van der Waals surface area (Å²) in [6, 6.07) is 28.0. The van der Waals surface area contributed by atoms with Crippen molar-refractivity contribution in [3.63, 3.8) is 0 Å². The molecule has 5 rings (SSSR count). The lowest BCUT2D eigenvalue weighted by atomic mass is 9.94. The number of aromatic amines is 1. The van der Waals surface area contributed by atoms with E-state index in [1.54, 1.807) is 0 Å². The number of hydrogen-bond donors (Lipinski definition) is 2. The molecule has 1 aromatic heterocycles. The summed E-state index contributed by atoms with van der Waals surface area (Å²) in [7, 11) is 0. The van der Waals surface area contributed by atoms with Crippen LogP contribution in [0.4, 0.5) is 0 Å². The van der Waals surface area contributed by atoms with Gasteiger partial charge in [0.1, 0.15) is 0 Å². The zero-order valence-electron chi connectivity index (χ0n) is 16.8. The van der Waals surface area contributed by atoms with Crippen LogP contribution in [-0.4, -0.2) is 20.6 Å². The van der Waals surface area contributed by atoms with Gasteiger partial charge in [-0.3, -0.25) is 5.32 Å². The molecule has 148 valence electrons. The molecule has 2 unspecified atom stereocenters. The molecule has 0 fully saturated rings. The van der Waals surface area contributed by atoms with E-state index in [9.17, 15) is 0 Å². The summed E-state index contributed by atoms with van der Waals surface area (Å²) >= 11 is 0. The normalized spacial score (nSPS) is 14.8. The number of tetrazole rings is 1. The van der Waals surface area contributed by atoms with Crippen molar-refractivity contribution in [1.82, 2.24) is 25.9 Å². The van der Waals surface area contributed by atoms with Gasteiger partial charge in [-0.05, 0) is 46.4 Å². The summed E-state index contributed by atoms with van der Waals surface area (Å²) in [4.78, 5) is 0. The van der Waals surface area contributed by atoms with Gasteiger partial charge in [-0.2, -0.15) is 5.21 Å². The number of fused-ring (bicyclic) bond motifs is 1. The summed E-state index contributed by atoms with van der Waals surface area (Å²) in [5.41, 5.74) is 7.54. The Morgan fingerprint density at radius 3 is 2.37 bits per heavy atom. The number of benzene rings is 3. The van der Waals surface area contributed by atoms with Crippen LogP contribution in [0.5, 0.6) is 0 Å². The fourth-order valence-electron chi connectivity index (χ4n) is 4.11. The molecule has 0 aliphatic heterocycles. The van der Waals surface area contributed by atoms with Crippen molar-refractivity contribution in [1.29, 1.82) is 0 Å². The molecule has 1 aliphatic rings. The number of rotatable bonds is 6. The van der Waals surface area contributed by atoms with Crippen molar-refractivity contribution >= 4 is 6.08 Å². The molecule has 1 aliphatic carbocycles. The van der Waals surface area contributed by atoms with Gasteiger partial charge in [-0.25, -0.2) is 0 Å². The average molecular weight is 393 g/mol. The highest BCUT2D eigenvalue weighted by molar-refractivity contribution is 5.66. The molecule has 5 heteroatoms. The van der Waals surface area contributed by atoms with E-state index in [0.717, 1.165) is 12.0 Å². The number of nitrogens with zero attached hydrogens (tertiary/aromatic N) is 3. The van der Waals surface area contributed by atoms with E-state index in [4.69, 9.17) is 0 Å². The number of H-pyrrole nitrogens is 1. The molecule has 0 amide bonds. The Morgan fingerprint density at radius 1 is 0.867 bits per heavy atom. The first-order valence-corrected chi connectivity index (χ1v) is 10.2. The SMILES string of the molecule is CC(NC(C1=Cc2ccccc2C1)c1ccc(-c2nn[nH]n2)cc1)c1ccccc1. The number of aromatic nitrogens is 4. The highest BCUT2D eigenvalue weighted by atomic mass is 15.5. The second-order valence-corrected chi connectivity index (χ2v) is 7.68. The van der Waals surface area contributed by atoms with Crippen molar-refractivity contribution < 1.29 is 0 Å². The van der Waals surface area contributed by atoms with Crippen LogP contribution < -0.4 is 5.32 Å². The summed E-state index contributed by atoms with van der Waals surface area (Å²) in [6.07, 6.45) is 3.29. The predicted octanol–water partition coefficient (Wildman–Crippen LogP) is 4.90. The molecule has 4 aromatic rings. The van der Waals surface area contributed by atoms with Gasteiger partial charge in [-0.15, -0.1) is 10.2 Å². The fourth-order valence-corrected chi connectivity index (χ4v) is 4.11. The highest BCUT2D eigenvalue weighted by Gasteiger charge is 2.24. The van der Waals surface area contributed by atoms with E-state index in [1.165, 1.54) is 27.8 Å². The van der Waals surface area contributed by atoms with Crippen molar-refractivity contribution in [3.05, 3.63) is 107 Å². The van der Waals surface area contributed by atoms with Crippen molar-refractivity contribution in [2.75, 3.05) is 0 Å². The largest absolute Gasteiger partial charge is 0.300 e. The fraction of sp³-hybridized carbons (Fsp3) is 0.160. The second-order valence-electron chi connectivity index (χ2n) is 7.68. The van der Waals surface area contributed by atoms with Crippen LogP contribution in [0.2, 0.25) is 0 Å². The standard InChI is InChI=1S/C25H23N5/c1-17(18-7-3-2-4-8-18)26-24(23-15-21-9-5-6-10-22(21)16-23)19-11-13-20(14-12-19)25-27-29-30-28-25/h2-15,17,24,26H,16H2,1H3,(H,27,28,29,30). The molecule has 0 radical (unpaired) electrons. The van der Waals surface area contributed by atoms with E-state index < -0.39 is 0 Å². The molecule has 0 bridgehead atoms. The van der Waals surface area contributed by atoms with Crippen LogP contribution in [0.1, 0.15) is 41.3 Å². The molecule has 30 heavy (non-hydrogen) atoms. The van der Waals surface area contributed by atoms with Crippen LogP contribution in [0.15, 0.2) is 84.4 Å². The quantitative estimate of drug-likeness (QED) is 0.489. The zero-order valence-corrected chi connectivity index (χ0v) is 16.8. The summed E-state index contributed by atoms with van der Waals surface area (Å²) in [6.45, 7) is 2.22. The lowest BCUT2D eigenvalue weighted by molar-refractivity contribution is 0.508. The minimum atomic E-state index is 0.118. The maximum Gasteiger partial charge on any atom is 0.204 e. The Hall–Kier alpha value is -3.57. The van der Waals surface area contributed by atoms with E-state index in [-0.39, 0.29) is 12.1 Å². The Bertz CT molecular complexity index is 1150. The second kappa shape index (κ2) is 8.05. The average Bonchev–Trinajstić information content (AvgIpc) is 3.48. The first kappa shape index (κ1) is 18.5. The first-order valence-electron chi connectivity index (χ1n) is 10.2. The minimum Gasteiger partial charge on any atom is -0.300 e. The monoisotopic (exact) mass is 393 g/mol. The Balaban J connectivity index is 1.47. The number of nitrogens with one attached hydrogen (secondary N) is 2. The lowest BCUT2D eigenvalue weighted by Crippen LogP contribution is -2.26. The first-order chi connectivity index (χ1) is 14.8. The van der Waals surface area contributed by atoms with Gasteiger partial charge in [0.05, 0.1) is 6.04 Å². The van der Waals surface area contributed by atoms with Gasteiger partial charge in [0, 0.05) is 11.6 Å². The van der Waals surface area contributed by atoms with Crippen LogP contribution in [0.3, 0.4) is 0 Å². The smallest absolute Gasteiger partial charge is 0.204 e. The molecule has 1 heterocycles. The molecule has 2 N–H and O–H groups in total. The molecule has 2 atom stereocenters. The maximum absolute atomic E-state index is 4.08. The lowest BCUT2D eigenvalue weighted by Gasteiger charge is -2.26. The van der Waals surface area contributed by atoms with Gasteiger partial charge in [0.25, 0.3) is 0 Å². The van der Waals surface area contributed by atoms with Crippen LogP contribution in [-0.2, 0) is 6.42 Å². The van der Waals surface area contributed by atoms with Gasteiger partial charge in [-0.1, -0.05) is 84.9 Å². The van der Waals surface area contributed by atoms with Crippen molar-refractivity contribution in [2.24, 2.45) is 0 Å². The molecular formula is C25H23N5. The third-order valence-electron chi connectivity index (χ3n) is 5.73. The van der Waals surface area contributed by atoms with Crippen molar-refractivity contribution in [3.8, 4) is 11.4 Å². The van der Waals surface area contributed by atoms with E-state index in [1.807, 2.05) is 0 Å². The summed E-state index contributed by atoms with van der Waals surface area (Å²) in [5.74, 6) is 0.608. The maximum atomic E-state index is 4.08. The Labute approximate surface area is 175 Å². The van der Waals surface area contributed by atoms with Gasteiger partial charge >= 0.3 is 0 Å². The van der Waals surface area contributed by atoms with E-state index in [2.05, 4.69) is 118 Å². The van der Waals surface area contributed by atoms with Gasteiger partial charge < -0.3 is 0 Å². The minimum absolute atomic E-state index is 0.118. The third-order valence-corrected chi connectivity index (χ3v) is 5.73. The van der Waals surface area contributed by atoms with Crippen LogP contribution in [0.25, 0.3) is 17.5 Å². The van der Waals surface area contributed by atoms with E-state index in [0.29, 0.717) is 5.82 Å². The zero-order chi connectivity index (χ0) is 20.3. The summed E-state index contributed by atoms with van der Waals surface area (Å²) in [5, 5.41) is 18.2. The molecule has 0 saturated heterocycles. The molecule has 5 nitrogen and oxygen atoms in total. The topological polar surface area (TPSA) is 66.5 Å².